The summed E-state index contributed by atoms with van der Waals surface area (Å²) in [6, 6.07) is 0. The third kappa shape index (κ3) is 6.47. The minimum absolute atomic E-state index is 0.0135. The molecule has 0 bridgehead atoms. The largest absolute Gasteiger partial charge is 0.391 e. The first-order chi connectivity index (χ1) is 6.54. The van der Waals surface area contributed by atoms with Crippen LogP contribution in [0.25, 0.3) is 0 Å². The molecule has 0 aromatic rings. The smallest absolute Gasteiger partial charge is 0.246 e. The van der Waals surface area contributed by atoms with Crippen LogP contribution in [0.1, 0.15) is 41.5 Å². The molecule has 15 heavy (non-hydrogen) atoms. The predicted molar refractivity (Wildman–Crippen MR) is 59.6 cm³/mol. The third-order valence-electron chi connectivity index (χ3n) is 2.14. The standard InChI is InChI=1S/C11H23NO3/c1-8(13)11(5,6)12-9(14)7-15-10(2,3)4/h8,13H,7H2,1-6H3,(H,12,14). The Morgan fingerprint density at radius 2 is 1.80 bits per heavy atom. The third-order valence-corrected chi connectivity index (χ3v) is 2.14. The maximum absolute atomic E-state index is 11.5. The lowest BCUT2D eigenvalue weighted by atomic mass is 9.99. The van der Waals surface area contributed by atoms with Crippen molar-refractivity contribution in [2.45, 2.75) is 58.8 Å². The fourth-order valence-corrected chi connectivity index (χ4v) is 0.782. The number of nitrogens with one attached hydrogen (secondary N) is 1. The van der Waals surface area contributed by atoms with Gasteiger partial charge in [0.1, 0.15) is 6.61 Å². The molecule has 4 heteroatoms. The monoisotopic (exact) mass is 217 g/mol. The molecule has 0 saturated heterocycles. The van der Waals surface area contributed by atoms with Crippen molar-refractivity contribution in [2.24, 2.45) is 0 Å². The first kappa shape index (κ1) is 14.4. The van der Waals surface area contributed by atoms with E-state index in [2.05, 4.69) is 5.32 Å². The Morgan fingerprint density at radius 1 is 1.33 bits per heavy atom. The van der Waals surface area contributed by atoms with E-state index in [0.717, 1.165) is 0 Å². The number of carbonyl (C=O) groups excluding carboxylic acids is 1. The highest BCUT2D eigenvalue weighted by Gasteiger charge is 2.26. The van der Waals surface area contributed by atoms with E-state index < -0.39 is 11.6 Å². The number of hydrogen-bond acceptors (Lipinski definition) is 3. The van der Waals surface area contributed by atoms with Gasteiger partial charge in [0.05, 0.1) is 17.2 Å². The maximum Gasteiger partial charge on any atom is 0.246 e. The van der Waals surface area contributed by atoms with Crippen molar-refractivity contribution in [3.63, 3.8) is 0 Å². The first-order valence-corrected chi connectivity index (χ1v) is 5.17. The van der Waals surface area contributed by atoms with Crippen molar-refractivity contribution in [1.29, 1.82) is 0 Å². The summed E-state index contributed by atoms with van der Waals surface area (Å²) in [5.74, 6) is -0.212. The molecule has 2 N–H and O–H groups in total. The van der Waals surface area contributed by atoms with Crippen LogP contribution in [0.5, 0.6) is 0 Å². The number of aliphatic hydroxyl groups excluding tert-OH is 1. The number of rotatable bonds is 4. The van der Waals surface area contributed by atoms with E-state index in [0.29, 0.717) is 0 Å². The lowest BCUT2D eigenvalue weighted by molar-refractivity contribution is -0.133. The van der Waals surface area contributed by atoms with Gasteiger partial charge in [0, 0.05) is 0 Å². The maximum atomic E-state index is 11.5. The van der Waals surface area contributed by atoms with Gasteiger partial charge in [0.15, 0.2) is 0 Å². The summed E-state index contributed by atoms with van der Waals surface area (Å²) in [4.78, 5) is 11.5. The van der Waals surface area contributed by atoms with E-state index in [4.69, 9.17) is 4.74 Å². The number of carbonyl (C=O) groups is 1. The molecule has 0 radical (unpaired) electrons. The van der Waals surface area contributed by atoms with Crippen LogP contribution < -0.4 is 5.32 Å². The second-order valence-corrected chi connectivity index (χ2v) is 5.35. The van der Waals surface area contributed by atoms with Crippen LogP contribution in [-0.2, 0) is 9.53 Å². The molecule has 0 aromatic carbocycles. The Bertz CT molecular complexity index is 216. The van der Waals surface area contributed by atoms with Crippen LogP contribution in [0.2, 0.25) is 0 Å². The molecule has 0 spiro atoms. The average Bonchev–Trinajstić information content (AvgIpc) is 1.98. The van der Waals surface area contributed by atoms with Gasteiger partial charge in [-0.2, -0.15) is 0 Å². The molecular formula is C11H23NO3. The number of aliphatic hydroxyl groups is 1. The molecular weight excluding hydrogens is 194 g/mol. The highest BCUT2D eigenvalue weighted by atomic mass is 16.5. The molecule has 1 atom stereocenters. The van der Waals surface area contributed by atoms with Crippen molar-refractivity contribution >= 4 is 5.91 Å². The van der Waals surface area contributed by atoms with Gasteiger partial charge in [-0.1, -0.05) is 0 Å². The van der Waals surface area contributed by atoms with Gasteiger partial charge in [-0.15, -0.1) is 0 Å². The SMILES string of the molecule is CC(O)C(C)(C)NC(=O)COC(C)(C)C. The fourth-order valence-electron chi connectivity index (χ4n) is 0.782. The lowest BCUT2D eigenvalue weighted by Crippen LogP contribution is -2.52. The Labute approximate surface area is 92.0 Å². The van der Waals surface area contributed by atoms with Gasteiger partial charge in [0.25, 0.3) is 0 Å². The van der Waals surface area contributed by atoms with E-state index in [9.17, 15) is 9.90 Å². The van der Waals surface area contributed by atoms with E-state index in [1.54, 1.807) is 20.8 Å². The minimum atomic E-state index is -0.627. The zero-order chi connectivity index (χ0) is 12.3. The zero-order valence-electron chi connectivity index (χ0n) is 10.5. The van der Waals surface area contributed by atoms with Gasteiger partial charge in [-0.25, -0.2) is 0 Å². The van der Waals surface area contributed by atoms with Crippen molar-refractivity contribution < 1.29 is 14.6 Å². The average molecular weight is 217 g/mol. The number of hydrogen-bond donors (Lipinski definition) is 2. The highest BCUT2D eigenvalue weighted by molar-refractivity contribution is 5.78. The molecule has 1 unspecified atom stereocenters. The summed E-state index contributed by atoms with van der Waals surface area (Å²) < 4.78 is 5.32. The Morgan fingerprint density at radius 3 is 2.13 bits per heavy atom. The molecule has 0 aliphatic heterocycles. The van der Waals surface area contributed by atoms with Gasteiger partial charge in [-0.05, 0) is 41.5 Å². The molecule has 0 fully saturated rings. The molecule has 0 aliphatic rings. The summed E-state index contributed by atoms with van der Waals surface area (Å²) in [5, 5.41) is 12.1. The predicted octanol–water partition coefficient (Wildman–Crippen LogP) is 1.08. The quantitative estimate of drug-likeness (QED) is 0.740. The van der Waals surface area contributed by atoms with Crippen LogP contribution in [0, 0.1) is 0 Å². The fraction of sp³-hybridized carbons (Fsp3) is 0.909. The second kappa shape index (κ2) is 4.94. The summed E-state index contributed by atoms with van der Waals surface area (Å²) in [7, 11) is 0. The lowest BCUT2D eigenvalue weighted by Gasteiger charge is -2.30. The molecule has 0 aromatic heterocycles. The van der Waals surface area contributed by atoms with Crippen molar-refractivity contribution in [3.05, 3.63) is 0 Å². The first-order valence-electron chi connectivity index (χ1n) is 5.17. The summed E-state index contributed by atoms with van der Waals surface area (Å²) in [6.07, 6.45) is -0.601. The van der Waals surface area contributed by atoms with Crippen molar-refractivity contribution in [2.75, 3.05) is 6.61 Å². The minimum Gasteiger partial charge on any atom is -0.391 e. The Hall–Kier alpha value is -0.610. The van der Waals surface area contributed by atoms with E-state index in [-0.39, 0.29) is 18.1 Å². The van der Waals surface area contributed by atoms with Gasteiger partial charge in [0.2, 0.25) is 5.91 Å². The van der Waals surface area contributed by atoms with Crippen LogP contribution in [0.15, 0.2) is 0 Å². The zero-order valence-corrected chi connectivity index (χ0v) is 10.5. The van der Waals surface area contributed by atoms with E-state index in [1.165, 1.54) is 0 Å². The van der Waals surface area contributed by atoms with E-state index >= 15 is 0 Å². The van der Waals surface area contributed by atoms with Crippen LogP contribution in [-0.4, -0.2) is 34.9 Å². The molecule has 0 aliphatic carbocycles. The second-order valence-electron chi connectivity index (χ2n) is 5.35. The van der Waals surface area contributed by atoms with Crippen LogP contribution in [0.4, 0.5) is 0 Å². The molecule has 90 valence electrons. The summed E-state index contributed by atoms with van der Waals surface area (Å²) in [5.41, 5.74) is -0.954. The highest BCUT2D eigenvalue weighted by Crippen LogP contribution is 2.09. The molecule has 1 amide bonds. The molecule has 0 heterocycles. The van der Waals surface area contributed by atoms with Crippen molar-refractivity contribution in [3.8, 4) is 0 Å². The van der Waals surface area contributed by atoms with Crippen LogP contribution in [0.3, 0.4) is 0 Å². The number of ether oxygens (including phenoxy) is 1. The van der Waals surface area contributed by atoms with Crippen molar-refractivity contribution in [1.82, 2.24) is 5.32 Å². The van der Waals surface area contributed by atoms with Gasteiger partial charge < -0.3 is 15.2 Å². The van der Waals surface area contributed by atoms with E-state index in [1.807, 2.05) is 20.8 Å². The summed E-state index contributed by atoms with van der Waals surface area (Å²) in [6.45, 7) is 10.9. The topological polar surface area (TPSA) is 58.6 Å². The molecule has 0 saturated carbocycles. The molecule has 0 rings (SSSR count). The van der Waals surface area contributed by atoms with Crippen LogP contribution >= 0.6 is 0 Å². The van der Waals surface area contributed by atoms with Gasteiger partial charge in [-0.3, -0.25) is 4.79 Å². The number of amides is 1. The van der Waals surface area contributed by atoms with Gasteiger partial charge >= 0.3 is 0 Å². The molecule has 4 nitrogen and oxygen atoms in total. The Balaban J connectivity index is 4.05. The summed E-state index contributed by atoms with van der Waals surface area (Å²) >= 11 is 0. The normalized spacial score (nSPS) is 14.9. The Kier molecular flexibility index (Phi) is 4.74.